The maximum Gasteiger partial charge on any atom is 0.230 e. The molecule has 0 aliphatic carbocycles. The maximum absolute atomic E-state index is 12.3. The molecule has 7 nitrogen and oxygen atoms in total. The first-order valence-corrected chi connectivity index (χ1v) is 11.2. The Kier molecular flexibility index (Phi) is 7.12. The average molecular weight is 433 g/mol. The van der Waals surface area contributed by atoms with Gasteiger partial charge in [-0.2, -0.15) is 0 Å². The number of hydrogen-bond acceptors (Lipinski definition) is 5. The van der Waals surface area contributed by atoms with Crippen LogP contribution in [0.3, 0.4) is 0 Å². The van der Waals surface area contributed by atoms with Gasteiger partial charge in [0.25, 0.3) is 0 Å². The van der Waals surface area contributed by atoms with Gasteiger partial charge in [-0.3, -0.25) is 9.36 Å². The topological polar surface area (TPSA) is 77.6 Å². The highest BCUT2D eigenvalue weighted by molar-refractivity contribution is 7.99. The van der Waals surface area contributed by atoms with Crippen LogP contribution in [0.25, 0.3) is 17.1 Å². The number of amides is 1. The highest BCUT2D eigenvalue weighted by Crippen LogP contribution is 2.27. The van der Waals surface area contributed by atoms with Crippen molar-refractivity contribution in [3.05, 3.63) is 79.4 Å². The number of nitrogens with zero attached hydrogens (tertiary/aromatic N) is 5. The SMILES string of the molecule is O=C(CSc1nnc(-c2ccccc2)n1-c1ccccc1)NCCCCn1ccnc1. The molecule has 158 valence electrons. The highest BCUT2D eigenvalue weighted by Gasteiger charge is 2.16. The van der Waals surface area contributed by atoms with E-state index in [4.69, 9.17) is 0 Å². The molecule has 31 heavy (non-hydrogen) atoms. The van der Waals surface area contributed by atoms with Gasteiger partial charge in [0.1, 0.15) is 0 Å². The molecule has 1 amide bonds. The van der Waals surface area contributed by atoms with E-state index >= 15 is 0 Å². The Morgan fingerprint density at radius 2 is 1.74 bits per heavy atom. The summed E-state index contributed by atoms with van der Waals surface area (Å²) in [6.07, 6.45) is 7.44. The second-order valence-electron chi connectivity index (χ2n) is 6.99. The third-order valence-corrected chi connectivity index (χ3v) is 5.67. The minimum absolute atomic E-state index is 0.00324. The zero-order valence-electron chi connectivity index (χ0n) is 17.1. The molecule has 0 saturated carbocycles. The van der Waals surface area contributed by atoms with Crippen molar-refractivity contribution in [3.8, 4) is 17.1 Å². The van der Waals surface area contributed by atoms with Gasteiger partial charge in [0.2, 0.25) is 5.91 Å². The van der Waals surface area contributed by atoms with Crippen molar-refractivity contribution < 1.29 is 4.79 Å². The van der Waals surface area contributed by atoms with E-state index in [1.54, 1.807) is 6.20 Å². The van der Waals surface area contributed by atoms with Crippen LogP contribution in [0, 0.1) is 0 Å². The average Bonchev–Trinajstić information content (AvgIpc) is 3.48. The smallest absolute Gasteiger partial charge is 0.230 e. The van der Waals surface area contributed by atoms with Crippen molar-refractivity contribution >= 4 is 17.7 Å². The van der Waals surface area contributed by atoms with Crippen LogP contribution in [-0.4, -0.2) is 42.5 Å². The molecule has 2 heterocycles. The van der Waals surface area contributed by atoms with Crippen LogP contribution in [0.15, 0.2) is 84.5 Å². The first kappa shape index (κ1) is 20.9. The first-order chi connectivity index (χ1) is 15.3. The standard InChI is InChI=1S/C23H24N6OS/c30-21(25-13-7-8-15-28-16-14-24-18-28)17-31-23-27-26-22(19-9-3-1-4-10-19)29(23)20-11-5-2-6-12-20/h1-6,9-12,14,16,18H,7-8,13,15,17H2,(H,25,30). The summed E-state index contributed by atoms with van der Waals surface area (Å²) in [6, 6.07) is 19.9. The molecule has 4 aromatic rings. The molecule has 0 spiro atoms. The van der Waals surface area contributed by atoms with Crippen LogP contribution in [0.2, 0.25) is 0 Å². The monoisotopic (exact) mass is 432 g/mol. The Bertz CT molecular complexity index is 1080. The predicted octanol–water partition coefficient (Wildman–Crippen LogP) is 3.82. The Labute approximate surface area is 185 Å². The molecule has 0 aliphatic rings. The molecular formula is C23H24N6OS. The number of hydrogen-bond donors (Lipinski definition) is 1. The van der Waals surface area contributed by atoms with Crippen molar-refractivity contribution in [1.29, 1.82) is 0 Å². The van der Waals surface area contributed by atoms with Crippen molar-refractivity contribution in [3.63, 3.8) is 0 Å². The number of nitrogens with one attached hydrogen (secondary N) is 1. The number of imidazole rings is 1. The van der Waals surface area contributed by atoms with Gasteiger partial charge in [-0.25, -0.2) is 4.98 Å². The normalized spacial score (nSPS) is 10.8. The summed E-state index contributed by atoms with van der Waals surface area (Å²) in [5, 5.41) is 12.5. The summed E-state index contributed by atoms with van der Waals surface area (Å²) >= 11 is 1.39. The lowest BCUT2D eigenvalue weighted by molar-refractivity contribution is -0.118. The fourth-order valence-corrected chi connectivity index (χ4v) is 3.98. The number of carbonyl (C=O) groups is 1. The Morgan fingerprint density at radius 1 is 0.968 bits per heavy atom. The van der Waals surface area contributed by atoms with E-state index in [9.17, 15) is 4.79 Å². The molecule has 4 rings (SSSR count). The molecule has 0 aliphatic heterocycles. The van der Waals surface area contributed by atoms with Gasteiger partial charge < -0.3 is 9.88 Å². The van der Waals surface area contributed by atoms with E-state index in [1.165, 1.54) is 11.8 Å². The second kappa shape index (κ2) is 10.6. The van der Waals surface area contributed by atoms with Crippen LogP contribution in [0.1, 0.15) is 12.8 Å². The number of rotatable bonds is 10. The van der Waals surface area contributed by atoms with Crippen molar-refractivity contribution in [2.24, 2.45) is 0 Å². The fourth-order valence-electron chi connectivity index (χ4n) is 3.19. The van der Waals surface area contributed by atoms with Gasteiger partial charge in [-0.1, -0.05) is 60.3 Å². The number of unbranched alkanes of at least 4 members (excludes halogenated alkanes) is 1. The zero-order chi connectivity index (χ0) is 21.3. The van der Waals surface area contributed by atoms with Gasteiger partial charge >= 0.3 is 0 Å². The van der Waals surface area contributed by atoms with E-state index < -0.39 is 0 Å². The Balaban J connectivity index is 1.36. The number of thioether (sulfide) groups is 1. The third-order valence-electron chi connectivity index (χ3n) is 4.74. The lowest BCUT2D eigenvalue weighted by Gasteiger charge is -2.10. The fraction of sp³-hybridized carbons (Fsp3) is 0.217. The van der Waals surface area contributed by atoms with Gasteiger partial charge in [0.15, 0.2) is 11.0 Å². The molecular weight excluding hydrogens is 408 g/mol. The summed E-state index contributed by atoms with van der Waals surface area (Å²) in [7, 11) is 0. The number of para-hydroxylation sites is 1. The molecule has 0 fully saturated rings. The van der Waals surface area contributed by atoms with Gasteiger partial charge in [0.05, 0.1) is 12.1 Å². The molecule has 1 N–H and O–H groups in total. The van der Waals surface area contributed by atoms with E-state index in [1.807, 2.05) is 82.3 Å². The molecule has 0 atom stereocenters. The van der Waals surface area contributed by atoms with Gasteiger partial charge in [-0.15, -0.1) is 10.2 Å². The van der Waals surface area contributed by atoms with Crippen LogP contribution in [-0.2, 0) is 11.3 Å². The Morgan fingerprint density at radius 3 is 2.48 bits per heavy atom. The number of aromatic nitrogens is 5. The summed E-state index contributed by atoms with van der Waals surface area (Å²) < 4.78 is 4.04. The number of aryl methyl sites for hydroxylation is 1. The second-order valence-corrected chi connectivity index (χ2v) is 7.93. The first-order valence-electron chi connectivity index (χ1n) is 10.2. The van der Waals surface area contributed by atoms with E-state index in [0.717, 1.165) is 36.5 Å². The summed E-state index contributed by atoms with van der Waals surface area (Å²) in [5.41, 5.74) is 1.95. The molecule has 0 bridgehead atoms. The van der Waals surface area contributed by atoms with E-state index in [2.05, 4.69) is 20.5 Å². The minimum Gasteiger partial charge on any atom is -0.355 e. The maximum atomic E-state index is 12.3. The van der Waals surface area contributed by atoms with Crippen LogP contribution in [0.5, 0.6) is 0 Å². The lowest BCUT2D eigenvalue weighted by Crippen LogP contribution is -2.26. The van der Waals surface area contributed by atoms with Gasteiger partial charge in [0, 0.05) is 36.7 Å². The highest BCUT2D eigenvalue weighted by atomic mass is 32.2. The third kappa shape index (κ3) is 5.61. The molecule has 0 radical (unpaired) electrons. The van der Waals surface area contributed by atoms with E-state index in [0.29, 0.717) is 17.5 Å². The van der Waals surface area contributed by atoms with Crippen LogP contribution in [0.4, 0.5) is 0 Å². The van der Waals surface area contributed by atoms with E-state index in [-0.39, 0.29) is 5.91 Å². The molecule has 0 unspecified atom stereocenters. The predicted molar refractivity (Wildman–Crippen MR) is 122 cm³/mol. The van der Waals surface area contributed by atoms with Gasteiger partial charge in [-0.05, 0) is 25.0 Å². The lowest BCUT2D eigenvalue weighted by atomic mass is 10.2. The van der Waals surface area contributed by atoms with Crippen molar-refractivity contribution in [2.75, 3.05) is 12.3 Å². The Hall–Kier alpha value is -3.39. The number of benzene rings is 2. The molecule has 8 heteroatoms. The minimum atomic E-state index is -0.00324. The van der Waals surface area contributed by atoms with Crippen LogP contribution < -0.4 is 5.32 Å². The zero-order valence-corrected chi connectivity index (χ0v) is 17.9. The number of carbonyl (C=O) groups excluding carboxylic acids is 1. The van der Waals surface area contributed by atoms with Crippen LogP contribution >= 0.6 is 11.8 Å². The molecule has 0 saturated heterocycles. The largest absolute Gasteiger partial charge is 0.355 e. The van der Waals surface area contributed by atoms with Crippen molar-refractivity contribution in [1.82, 2.24) is 29.6 Å². The summed E-state index contributed by atoms with van der Waals surface area (Å²) in [6.45, 7) is 1.57. The summed E-state index contributed by atoms with van der Waals surface area (Å²) in [4.78, 5) is 16.4. The summed E-state index contributed by atoms with van der Waals surface area (Å²) in [5.74, 6) is 1.05. The molecule has 2 aromatic carbocycles. The quantitative estimate of drug-likeness (QED) is 0.304. The molecule has 2 aromatic heterocycles. The van der Waals surface area contributed by atoms with Crippen molar-refractivity contribution in [2.45, 2.75) is 24.5 Å².